The quantitative estimate of drug-likeness (QED) is 0.181. The maximum atomic E-state index is 13.9. The molecule has 222 valence electrons. The Labute approximate surface area is 243 Å². The fraction of sp³-hybridized carbons (Fsp3) is 0.400. The summed E-state index contributed by atoms with van der Waals surface area (Å²) in [5.74, 6) is -0.134. The van der Waals surface area contributed by atoms with Crippen LogP contribution in [-0.4, -0.2) is 63.9 Å². The lowest BCUT2D eigenvalue weighted by Gasteiger charge is -2.21. The molecule has 2 N–H and O–H groups in total. The average molecular weight is 580 g/mol. The van der Waals surface area contributed by atoms with Crippen LogP contribution in [0.4, 0.5) is 26.0 Å². The number of carbonyl (C=O) groups is 1. The van der Waals surface area contributed by atoms with E-state index in [0.29, 0.717) is 40.5 Å². The number of fused-ring (bicyclic) bond motifs is 1. The van der Waals surface area contributed by atoms with Crippen LogP contribution in [0.1, 0.15) is 32.6 Å². The van der Waals surface area contributed by atoms with Gasteiger partial charge in [0.1, 0.15) is 18.7 Å². The monoisotopic (exact) mass is 579 g/mol. The first kappa shape index (κ1) is 29.2. The van der Waals surface area contributed by atoms with Gasteiger partial charge >= 0.3 is 0 Å². The molecule has 42 heavy (non-hydrogen) atoms. The van der Waals surface area contributed by atoms with E-state index in [2.05, 4.69) is 37.5 Å². The summed E-state index contributed by atoms with van der Waals surface area (Å²) in [6.07, 6.45) is 9.36. The van der Waals surface area contributed by atoms with Gasteiger partial charge in [0.2, 0.25) is 5.91 Å². The van der Waals surface area contributed by atoms with Gasteiger partial charge in [-0.15, -0.1) is 0 Å². The van der Waals surface area contributed by atoms with Gasteiger partial charge in [0.15, 0.2) is 23.1 Å². The molecule has 0 bridgehead atoms. The third kappa shape index (κ3) is 7.49. The van der Waals surface area contributed by atoms with Crippen molar-refractivity contribution in [1.82, 2.24) is 24.6 Å². The molecule has 2 aromatic carbocycles. The van der Waals surface area contributed by atoms with Gasteiger partial charge in [-0.3, -0.25) is 9.48 Å². The molecular formula is C30H35F2N7O3. The first-order valence-electron chi connectivity index (χ1n) is 14.1. The van der Waals surface area contributed by atoms with Crippen molar-refractivity contribution in [2.24, 2.45) is 5.92 Å². The summed E-state index contributed by atoms with van der Waals surface area (Å²) in [6, 6.07) is 7.25. The van der Waals surface area contributed by atoms with E-state index < -0.39 is 17.5 Å². The second kappa shape index (κ2) is 13.6. The number of halogens is 2. The molecule has 1 fully saturated rings. The Balaban J connectivity index is 1.21. The SMILES string of the molecule is CCCN(CCCOc1cc2ncnc(Nc3cnn(CC(=O)Nc4cccc(F)c4F)c3)c2cc1OC)CC1CC1. The zero-order valence-electron chi connectivity index (χ0n) is 23.8. The normalized spacial score (nSPS) is 13.0. The molecule has 2 aromatic heterocycles. The maximum Gasteiger partial charge on any atom is 0.246 e. The highest BCUT2D eigenvalue weighted by Crippen LogP contribution is 2.35. The second-order valence-corrected chi connectivity index (χ2v) is 10.4. The van der Waals surface area contributed by atoms with Crippen LogP contribution < -0.4 is 20.1 Å². The van der Waals surface area contributed by atoms with E-state index in [1.165, 1.54) is 48.7 Å². The number of methoxy groups -OCH3 is 1. The number of amides is 1. The third-order valence-electron chi connectivity index (χ3n) is 6.98. The van der Waals surface area contributed by atoms with Crippen LogP contribution in [0.2, 0.25) is 0 Å². The lowest BCUT2D eigenvalue weighted by Crippen LogP contribution is -2.29. The summed E-state index contributed by atoms with van der Waals surface area (Å²) >= 11 is 0. The molecule has 0 radical (unpaired) electrons. The number of hydrogen-bond acceptors (Lipinski definition) is 8. The zero-order chi connectivity index (χ0) is 29.5. The number of nitrogens with one attached hydrogen (secondary N) is 2. The summed E-state index contributed by atoms with van der Waals surface area (Å²) in [4.78, 5) is 23.7. The highest BCUT2D eigenvalue weighted by molar-refractivity contribution is 5.93. The Morgan fingerprint density at radius 1 is 1.17 bits per heavy atom. The van der Waals surface area contributed by atoms with Gasteiger partial charge in [-0.2, -0.15) is 5.10 Å². The van der Waals surface area contributed by atoms with E-state index in [-0.39, 0.29) is 12.2 Å². The van der Waals surface area contributed by atoms with Crippen molar-refractivity contribution in [2.45, 2.75) is 39.2 Å². The van der Waals surface area contributed by atoms with E-state index in [1.54, 1.807) is 13.3 Å². The minimum absolute atomic E-state index is 0.201. The fourth-order valence-electron chi connectivity index (χ4n) is 4.77. The Morgan fingerprint density at radius 3 is 2.81 bits per heavy atom. The molecule has 12 heteroatoms. The van der Waals surface area contributed by atoms with E-state index in [1.807, 2.05) is 12.1 Å². The molecule has 0 saturated heterocycles. The third-order valence-corrected chi connectivity index (χ3v) is 6.98. The van der Waals surface area contributed by atoms with E-state index in [4.69, 9.17) is 9.47 Å². The number of benzene rings is 2. The molecule has 0 spiro atoms. The van der Waals surface area contributed by atoms with Crippen molar-refractivity contribution in [3.8, 4) is 11.5 Å². The minimum atomic E-state index is -1.12. The van der Waals surface area contributed by atoms with Crippen LogP contribution in [0, 0.1) is 17.6 Å². The number of rotatable bonds is 15. The number of ether oxygens (including phenoxy) is 2. The Bertz CT molecular complexity index is 1530. The van der Waals surface area contributed by atoms with E-state index in [9.17, 15) is 13.6 Å². The van der Waals surface area contributed by atoms with Crippen LogP contribution in [0.25, 0.3) is 10.9 Å². The van der Waals surface area contributed by atoms with Crippen molar-refractivity contribution in [3.63, 3.8) is 0 Å². The molecule has 1 saturated carbocycles. The average Bonchev–Trinajstić information content (AvgIpc) is 3.69. The molecule has 0 unspecified atom stereocenters. The minimum Gasteiger partial charge on any atom is -0.493 e. The van der Waals surface area contributed by atoms with Gasteiger partial charge in [-0.1, -0.05) is 13.0 Å². The lowest BCUT2D eigenvalue weighted by molar-refractivity contribution is -0.116. The zero-order valence-corrected chi connectivity index (χ0v) is 23.8. The molecule has 1 aliphatic rings. The second-order valence-electron chi connectivity index (χ2n) is 10.4. The molecule has 1 amide bonds. The van der Waals surface area contributed by atoms with Crippen molar-refractivity contribution >= 4 is 34.0 Å². The molecule has 2 heterocycles. The first-order chi connectivity index (χ1) is 20.4. The smallest absolute Gasteiger partial charge is 0.246 e. The predicted molar refractivity (Wildman–Crippen MR) is 156 cm³/mol. The van der Waals surface area contributed by atoms with Gasteiger partial charge in [-0.25, -0.2) is 18.7 Å². The summed E-state index contributed by atoms with van der Waals surface area (Å²) in [5.41, 5.74) is 1.01. The lowest BCUT2D eigenvalue weighted by atomic mass is 10.2. The highest BCUT2D eigenvalue weighted by atomic mass is 19.2. The van der Waals surface area contributed by atoms with Crippen molar-refractivity contribution in [1.29, 1.82) is 0 Å². The van der Waals surface area contributed by atoms with Crippen LogP contribution in [0.5, 0.6) is 11.5 Å². The molecule has 0 aliphatic heterocycles. The number of aromatic nitrogens is 4. The van der Waals surface area contributed by atoms with Gasteiger partial charge in [-0.05, 0) is 56.3 Å². The standard InChI is InChI=1S/C30H35F2N7O3/c1-3-10-38(16-20-8-9-20)11-5-12-42-27-14-25-22(13-26(27)41-2)30(34-19-33-25)36-21-15-35-39(17-21)18-28(40)37-24-7-4-6-23(31)29(24)32/h4,6-7,13-15,17,19-20H,3,5,8-12,16,18H2,1-2H3,(H,37,40)(H,33,34,36). The number of hydrogen-bond donors (Lipinski definition) is 2. The maximum absolute atomic E-state index is 13.9. The Morgan fingerprint density at radius 2 is 2.02 bits per heavy atom. The van der Waals surface area contributed by atoms with Crippen molar-refractivity contribution < 1.29 is 23.0 Å². The van der Waals surface area contributed by atoms with Crippen LogP contribution in [-0.2, 0) is 11.3 Å². The van der Waals surface area contributed by atoms with Gasteiger partial charge < -0.3 is 25.0 Å². The topological polar surface area (TPSA) is 106 Å². The first-order valence-corrected chi connectivity index (χ1v) is 14.1. The van der Waals surface area contributed by atoms with Crippen LogP contribution in [0.15, 0.2) is 49.1 Å². The molecule has 0 atom stereocenters. The van der Waals surface area contributed by atoms with E-state index in [0.717, 1.165) is 37.9 Å². The Hall–Kier alpha value is -4.32. The summed E-state index contributed by atoms with van der Waals surface area (Å²) in [7, 11) is 1.59. The van der Waals surface area contributed by atoms with Gasteiger partial charge in [0.25, 0.3) is 0 Å². The highest BCUT2D eigenvalue weighted by Gasteiger charge is 2.23. The van der Waals surface area contributed by atoms with Crippen molar-refractivity contribution in [2.75, 3.05) is 44.0 Å². The molecule has 10 nitrogen and oxygen atoms in total. The van der Waals surface area contributed by atoms with Crippen LogP contribution in [0.3, 0.4) is 0 Å². The van der Waals surface area contributed by atoms with Gasteiger partial charge in [0, 0.05) is 30.7 Å². The summed E-state index contributed by atoms with van der Waals surface area (Å²) in [6.45, 7) is 5.89. The Kier molecular flexibility index (Phi) is 9.42. The summed E-state index contributed by atoms with van der Waals surface area (Å²) in [5, 5.41) is 10.4. The summed E-state index contributed by atoms with van der Waals surface area (Å²) < 4.78 is 40.4. The largest absolute Gasteiger partial charge is 0.493 e. The van der Waals surface area contributed by atoms with Gasteiger partial charge in [0.05, 0.1) is 36.8 Å². The molecule has 5 rings (SSSR count). The van der Waals surface area contributed by atoms with Crippen molar-refractivity contribution in [3.05, 3.63) is 60.7 Å². The van der Waals surface area contributed by atoms with E-state index >= 15 is 0 Å². The number of carbonyl (C=O) groups excluding carboxylic acids is 1. The fourth-order valence-corrected chi connectivity index (χ4v) is 4.77. The molecular weight excluding hydrogens is 544 g/mol. The number of anilines is 3. The predicted octanol–water partition coefficient (Wildman–Crippen LogP) is 5.39. The number of nitrogens with zero attached hydrogens (tertiary/aromatic N) is 5. The molecule has 4 aromatic rings. The molecule has 1 aliphatic carbocycles. The van der Waals surface area contributed by atoms with Crippen LogP contribution >= 0.6 is 0 Å².